The maximum absolute atomic E-state index is 5.60. The number of ether oxygens (including phenoxy) is 2. The molecule has 1 aromatic carbocycles. The van der Waals surface area contributed by atoms with Gasteiger partial charge in [-0.25, -0.2) is 4.98 Å². The van der Waals surface area contributed by atoms with Gasteiger partial charge in [-0.3, -0.25) is 0 Å². The molecule has 1 aromatic heterocycles. The molecule has 0 aliphatic rings. The largest absolute Gasteiger partial charge is 0.491 e. The van der Waals surface area contributed by atoms with Gasteiger partial charge < -0.3 is 9.47 Å². The molecule has 0 saturated carbocycles. The zero-order valence-electron chi connectivity index (χ0n) is 21.1. The van der Waals surface area contributed by atoms with Crippen LogP contribution in [0.2, 0.25) is 0 Å². The summed E-state index contributed by atoms with van der Waals surface area (Å²) in [4.78, 5) is 4.46. The molecule has 0 amide bonds. The van der Waals surface area contributed by atoms with Crippen LogP contribution in [0.4, 0.5) is 0 Å². The zero-order chi connectivity index (χ0) is 22.6. The molecule has 4 heteroatoms. The third kappa shape index (κ3) is 12.6. The van der Waals surface area contributed by atoms with Crippen LogP contribution >= 0.6 is 0 Å². The lowest BCUT2D eigenvalue weighted by atomic mass is 9.92. The number of rotatable bonds is 5. The molecule has 0 atom stereocenters. The van der Waals surface area contributed by atoms with Gasteiger partial charge in [0.2, 0.25) is 5.88 Å². The summed E-state index contributed by atoms with van der Waals surface area (Å²) in [5.74, 6) is 2.25. The molecule has 2 aromatic rings. The second-order valence-electron chi connectivity index (χ2n) is 8.67. The topological polar surface area (TPSA) is 31.4 Å². The fourth-order valence-corrected chi connectivity index (χ4v) is 2.36. The molecule has 0 aliphatic heterocycles. The highest BCUT2D eigenvalue weighted by Gasteiger charge is 2.15. The third-order valence-electron chi connectivity index (χ3n) is 3.74. The second kappa shape index (κ2) is 14.9. The minimum atomic E-state index is 0. The van der Waals surface area contributed by atoms with Crippen LogP contribution in [-0.4, -0.2) is 25.6 Å². The minimum Gasteiger partial charge on any atom is -0.491 e. The monoisotopic (exact) mass is 412 g/mol. The van der Waals surface area contributed by atoms with Gasteiger partial charge in [0, 0.05) is 25.6 Å². The molecule has 0 aliphatic carbocycles. The number of hydrogen-bond acceptors (Lipinski definition) is 3. The fourth-order valence-electron chi connectivity index (χ4n) is 2.36. The maximum Gasteiger partial charge on any atom is 0.213 e. The van der Waals surface area contributed by atoms with Crippen LogP contribution in [0.1, 0.15) is 93.3 Å². The summed E-state index contributed by atoms with van der Waals surface area (Å²) in [5, 5.41) is 0. The molecule has 30 heavy (non-hydrogen) atoms. The second-order valence-corrected chi connectivity index (χ2v) is 8.67. The van der Waals surface area contributed by atoms with Crippen molar-refractivity contribution in [2.45, 2.75) is 99.7 Å². The van der Waals surface area contributed by atoms with Crippen LogP contribution in [0, 0.1) is 0 Å². The van der Waals surface area contributed by atoms with E-state index in [1.54, 1.807) is 0 Å². The summed E-state index contributed by atoms with van der Waals surface area (Å²) in [6, 6.07) is 14.2. The number of nitrogens with zero attached hydrogens (tertiary/aromatic N) is 1. The molecule has 1 heterocycles. The Labute approximate surface area is 188 Å². The lowest BCUT2D eigenvalue weighted by molar-refractivity contribution is 0.231. The molecular formula is C26H43BNO2. The van der Waals surface area contributed by atoms with Crippen LogP contribution in [-0.2, 0) is 5.41 Å². The SMILES string of the molecule is CC.CC(C)Oc1cccc(C(C)(C)C)n1.CC(C)Oc1cccc(C(C)C)c1.[B]. The first-order chi connectivity index (χ1) is 13.5. The first kappa shape index (κ1) is 30.2. The Morgan fingerprint density at radius 2 is 1.30 bits per heavy atom. The van der Waals surface area contributed by atoms with E-state index in [0.29, 0.717) is 11.8 Å². The molecule has 2 rings (SSSR count). The van der Waals surface area contributed by atoms with Gasteiger partial charge in [0.25, 0.3) is 0 Å². The fraction of sp³-hybridized carbons (Fsp3) is 0.577. The van der Waals surface area contributed by atoms with E-state index in [1.807, 2.05) is 71.9 Å². The van der Waals surface area contributed by atoms with E-state index in [0.717, 1.165) is 11.4 Å². The molecule has 0 unspecified atom stereocenters. The molecule has 0 bridgehead atoms. The van der Waals surface area contributed by atoms with Crippen molar-refractivity contribution < 1.29 is 9.47 Å². The van der Waals surface area contributed by atoms with E-state index < -0.39 is 0 Å². The van der Waals surface area contributed by atoms with E-state index in [-0.39, 0.29) is 26.0 Å². The van der Waals surface area contributed by atoms with Crippen molar-refractivity contribution in [2.24, 2.45) is 0 Å². The molecule has 3 radical (unpaired) electrons. The Morgan fingerprint density at radius 3 is 1.77 bits per heavy atom. The van der Waals surface area contributed by atoms with Crippen molar-refractivity contribution >= 4 is 8.41 Å². The third-order valence-corrected chi connectivity index (χ3v) is 3.74. The van der Waals surface area contributed by atoms with Crippen LogP contribution in [0.5, 0.6) is 11.6 Å². The average Bonchev–Trinajstić information content (AvgIpc) is 2.62. The minimum absolute atomic E-state index is 0. The standard InChI is InChI=1S/C12H19NO.C12H18O.C2H6.B/c1-9(2)14-11-8-6-7-10(13-11)12(3,4)5;1-9(2)11-6-5-7-12(8-11)13-10(3)4;1-2;/h6-9H,1-5H3;5-10H,1-4H3;1-2H3;. The highest BCUT2D eigenvalue weighted by atomic mass is 16.5. The van der Waals surface area contributed by atoms with Crippen LogP contribution in [0.15, 0.2) is 42.5 Å². The van der Waals surface area contributed by atoms with Crippen molar-refractivity contribution in [3.63, 3.8) is 0 Å². The van der Waals surface area contributed by atoms with Gasteiger partial charge in [0.15, 0.2) is 0 Å². The van der Waals surface area contributed by atoms with Crippen molar-refractivity contribution in [1.82, 2.24) is 4.98 Å². The normalized spacial score (nSPS) is 10.5. The van der Waals surface area contributed by atoms with E-state index in [1.165, 1.54) is 5.56 Å². The van der Waals surface area contributed by atoms with Gasteiger partial charge >= 0.3 is 0 Å². The first-order valence-electron chi connectivity index (χ1n) is 10.9. The van der Waals surface area contributed by atoms with Gasteiger partial charge in [0.1, 0.15) is 5.75 Å². The Morgan fingerprint density at radius 1 is 0.767 bits per heavy atom. The van der Waals surface area contributed by atoms with Crippen LogP contribution < -0.4 is 9.47 Å². The molecular weight excluding hydrogens is 369 g/mol. The van der Waals surface area contributed by atoms with E-state index in [4.69, 9.17) is 9.47 Å². The predicted molar refractivity (Wildman–Crippen MR) is 132 cm³/mol. The van der Waals surface area contributed by atoms with E-state index >= 15 is 0 Å². The zero-order valence-corrected chi connectivity index (χ0v) is 21.1. The molecule has 0 spiro atoms. The average molecular weight is 412 g/mol. The summed E-state index contributed by atoms with van der Waals surface area (Å²) in [6.45, 7) is 22.9. The van der Waals surface area contributed by atoms with Crippen molar-refractivity contribution in [3.8, 4) is 11.6 Å². The molecule has 0 saturated heterocycles. The summed E-state index contributed by atoms with van der Waals surface area (Å²) in [7, 11) is 0. The Kier molecular flexibility index (Phi) is 15.0. The van der Waals surface area contributed by atoms with Crippen molar-refractivity contribution in [2.75, 3.05) is 0 Å². The molecule has 167 valence electrons. The number of hydrogen-bond donors (Lipinski definition) is 0. The lowest BCUT2D eigenvalue weighted by Crippen LogP contribution is -2.15. The van der Waals surface area contributed by atoms with E-state index in [2.05, 4.69) is 51.7 Å². The number of pyridine rings is 1. The number of aromatic nitrogens is 1. The maximum atomic E-state index is 5.60. The van der Waals surface area contributed by atoms with Gasteiger partial charge in [-0.2, -0.15) is 0 Å². The van der Waals surface area contributed by atoms with Gasteiger partial charge in [-0.1, -0.05) is 66.7 Å². The number of benzene rings is 1. The quantitative estimate of drug-likeness (QED) is 0.479. The first-order valence-corrected chi connectivity index (χ1v) is 10.9. The highest BCUT2D eigenvalue weighted by molar-refractivity contribution is 5.75. The predicted octanol–water partition coefficient (Wildman–Crippen LogP) is 7.41. The molecule has 3 nitrogen and oxygen atoms in total. The van der Waals surface area contributed by atoms with Crippen molar-refractivity contribution in [3.05, 3.63) is 53.7 Å². The van der Waals surface area contributed by atoms with Crippen molar-refractivity contribution in [1.29, 1.82) is 0 Å². The van der Waals surface area contributed by atoms with Crippen LogP contribution in [0.3, 0.4) is 0 Å². The summed E-state index contributed by atoms with van der Waals surface area (Å²) in [6.07, 6.45) is 0.431. The smallest absolute Gasteiger partial charge is 0.213 e. The Hall–Kier alpha value is -1.97. The van der Waals surface area contributed by atoms with Crippen LogP contribution in [0.25, 0.3) is 0 Å². The van der Waals surface area contributed by atoms with Gasteiger partial charge in [-0.05, 0) is 57.4 Å². The molecule has 0 N–H and O–H groups in total. The lowest BCUT2D eigenvalue weighted by Gasteiger charge is -2.18. The van der Waals surface area contributed by atoms with Gasteiger partial charge in [-0.15, -0.1) is 0 Å². The summed E-state index contributed by atoms with van der Waals surface area (Å²) in [5.41, 5.74) is 2.48. The highest BCUT2D eigenvalue weighted by Crippen LogP contribution is 2.22. The Balaban J connectivity index is 0. The Bertz CT molecular complexity index is 691. The summed E-state index contributed by atoms with van der Waals surface area (Å²) < 4.78 is 11.1. The molecule has 0 fully saturated rings. The van der Waals surface area contributed by atoms with Gasteiger partial charge in [0.05, 0.1) is 12.2 Å². The van der Waals surface area contributed by atoms with E-state index in [9.17, 15) is 0 Å². The summed E-state index contributed by atoms with van der Waals surface area (Å²) >= 11 is 0.